The summed E-state index contributed by atoms with van der Waals surface area (Å²) < 4.78 is 5.63. The number of nitrogen functional groups attached to an aromatic ring is 1. The Hall–Kier alpha value is -1.67. The molecule has 0 aliphatic rings. The number of hydrogen-bond acceptors (Lipinski definition) is 2. The van der Waals surface area contributed by atoms with Gasteiger partial charge in [-0.2, -0.15) is 0 Å². The Morgan fingerprint density at radius 3 is 2.71 bits per heavy atom. The van der Waals surface area contributed by atoms with Crippen LogP contribution >= 0.6 is 11.6 Å². The van der Waals surface area contributed by atoms with E-state index >= 15 is 0 Å². The van der Waals surface area contributed by atoms with Crippen LogP contribution < -0.4 is 10.5 Å². The van der Waals surface area contributed by atoms with Gasteiger partial charge in [0.25, 0.3) is 0 Å². The van der Waals surface area contributed by atoms with Crippen molar-refractivity contribution in [1.29, 1.82) is 0 Å². The van der Waals surface area contributed by atoms with E-state index < -0.39 is 0 Å². The number of anilines is 1. The maximum Gasteiger partial charge on any atom is 0.121 e. The predicted molar refractivity (Wildman–Crippen MR) is 71.4 cm³/mol. The molecule has 2 N–H and O–H groups in total. The van der Waals surface area contributed by atoms with Gasteiger partial charge in [-0.3, -0.25) is 0 Å². The number of benzene rings is 2. The molecule has 0 amide bonds. The lowest BCUT2D eigenvalue weighted by Gasteiger charge is -2.09. The average molecular weight is 248 g/mol. The topological polar surface area (TPSA) is 35.2 Å². The Morgan fingerprint density at radius 2 is 2.00 bits per heavy atom. The zero-order chi connectivity index (χ0) is 12.3. The fourth-order valence-corrected chi connectivity index (χ4v) is 1.74. The quantitative estimate of drug-likeness (QED) is 0.837. The van der Waals surface area contributed by atoms with E-state index in [-0.39, 0.29) is 0 Å². The molecule has 3 heteroatoms. The van der Waals surface area contributed by atoms with E-state index in [1.165, 1.54) is 0 Å². The molecular formula is C14H14ClNO. The summed E-state index contributed by atoms with van der Waals surface area (Å²) in [6.07, 6.45) is 0. The van der Waals surface area contributed by atoms with Crippen molar-refractivity contribution in [3.8, 4) is 5.75 Å². The average Bonchev–Trinajstić information content (AvgIpc) is 2.28. The maximum atomic E-state index is 5.91. The summed E-state index contributed by atoms with van der Waals surface area (Å²) in [6, 6.07) is 13.3. The minimum absolute atomic E-state index is 0.451. The first-order chi connectivity index (χ1) is 8.15. The molecule has 0 aliphatic carbocycles. The summed E-state index contributed by atoms with van der Waals surface area (Å²) in [5.41, 5.74) is 8.80. The van der Waals surface area contributed by atoms with Crippen LogP contribution in [-0.4, -0.2) is 0 Å². The van der Waals surface area contributed by atoms with Crippen LogP contribution in [-0.2, 0) is 6.61 Å². The van der Waals surface area contributed by atoms with Crippen LogP contribution in [0.1, 0.15) is 11.1 Å². The molecule has 2 aromatic rings. The van der Waals surface area contributed by atoms with Gasteiger partial charge in [0.15, 0.2) is 0 Å². The Balaban J connectivity index is 2.07. The van der Waals surface area contributed by atoms with Gasteiger partial charge in [0.1, 0.15) is 12.4 Å². The Bertz CT molecular complexity index is 525. The zero-order valence-electron chi connectivity index (χ0n) is 9.61. The van der Waals surface area contributed by atoms with Crippen molar-refractivity contribution in [3.05, 3.63) is 58.6 Å². The fraction of sp³-hybridized carbons (Fsp3) is 0.143. The van der Waals surface area contributed by atoms with E-state index in [0.29, 0.717) is 11.6 Å². The van der Waals surface area contributed by atoms with Crippen molar-refractivity contribution >= 4 is 17.3 Å². The van der Waals surface area contributed by atoms with Crippen LogP contribution in [0.3, 0.4) is 0 Å². The molecule has 0 saturated carbocycles. The summed E-state index contributed by atoms with van der Waals surface area (Å²) in [5.74, 6) is 0.748. The summed E-state index contributed by atoms with van der Waals surface area (Å²) in [6.45, 7) is 2.46. The van der Waals surface area contributed by atoms with Gasteiger partial charge < -0.3 is 10.5 Å². The summed E-state index contributed by atoms with van der Waals surface area (Å²) in [5, 5.41) is 0.666. The number of ether oxygens (including phenoxy) is 1. The molecule has 0 spiro atoms. The van der Waals surface area contributed by atoms with Gasteiger partial charge in [-0.05, 0) is 36.8 Å². The van der Waals surface area contributed by atoms with E-state index in [9.17, 15) is 0 Å². The van der Waals surface area contributed by atoms with E-state index in [1.54, 1.807) is 6.07 Å². The highest BCUT2D eigenvalue weighted by molar-refractivity contribution is 6.30. The molecule has 2 aromatic carbocycles. The summed E-state index contributed by atoms with van der Waals surface area (Å²) in [7, 11) is 0. The first-order valence-electron chi connectivity index (χ1n) is 5.38. The highest BCUT2D eigenvalue weighted by Crippen LogP contribution is 2.20. The first-order valence-corrected chi connectivity index (χ1v) is 5.76. The van der Waals surface area contributed by atoms with E-state index in [2.05, 4.69) is 0 Å². The smallest absolute Gasteiger partial charge is 0.121 e. The van der Waals surface area contributed by atoms with Gasteiger partial charge >= 0.3 is 0 Å². The molecule has 0 heterocycles. The normalized spacial score (nSPS) is 10.2. The number of hydrogen-bond donors (Lipinski definition) is 1. The van der Waals surface area contributed by atoms with Gasteiger partial charge in [0.2, 0.25) is 0 Å². The summed E-state index contributed by atoms with van der Waals surface area (Å²) >= 11 is 5.87. The lowest BCUT2D eigenvalue weighted by Crippen LogP contribution is -2.00. The molecule has 0 bridgehead atoms. The monoisotopic (exact) mass is 247 g/mol. The van der Waals surface area contributed by atoms with Gasteiger partial charge in [-0.15, -0.1) is 0 Å². The molecule has 2 rings (SSSR count). The van der Waals surface area contributed by atoms with Gasteiger partial charge in [-0.25, -0.2) is 0 Å². The molecule has 0 unspecified atom stereocenters. The highest BCUT2D eigenvalue weighted by Gasteiger charge is 2.01. The molecule has 0 fully saturated rings. The molecule has 88 valence electrons. The van der Waals surface area contributed by atoms with Crippen molar-refractivity contribution in [1.82, 2.24) is 0 Å². The van der Waals surface area contributed by atoms with Crippen LogP contribution in [0.5, 0.6) is 5.75 Å². The van der Waals surface area contributed by atoms with Crippen molar-refractivity contribution in [2.24, 2.45) is 0 Å². The largest absolute Gasteiger partial charge is 0.489 e. The highest BCUT2D eigenvalue weighted by atomic mass is 35.5. The van der Waals surface area contributed by atoms with Crippen molar-refractivity contribution in [2.45, 2.75) is 13.5 Å². The maximum absolute atomic E-state index is 5.91. The third-order valence-electron chi connectivity index (χ3n) is 2.49. The minimum Gasteiger partial charge on any atom is -0.489 e. The van der Waals surface area contributed by atoms with Crippen LogP contribution in [0.2, 0.25) is 5.02 Å². The van der Waals surface area contributed by atoms with E-state index in [0.717, 1.165) is 22.6 Å². The third-order valence-corrected chi connectivity index (χ3v) is 2.73. The van der Waals surface area contributed by atoms with Gasteiger partial charge in [0, 0.05) is 16.3 Å². The van der Waals surface area contributed by atoms with Crippen LogP contribution in [0.15, 0.2) is 42.5 Å². The zero-order valence-corrected chi connectivity index (χ0v) is 10.4. The van der Waals surface area contributed by atoms with Gasteiger partial charge in [-0.1, -0.05) is 29.8 Å². The molecule has 0 saturated heterocycles. The lowest BCUT2D eigenvalue weighted by atomic mass is 10.1. The standard InChI is InChI=1S/C14H14ClNO/c1-10-5-6-11(14(16)7-10)9-17-13-4-2-3-12(15)8-13/h2-8H,9,16H2,1H3. The van der Waals surface area contributed by atoms with Crippen molar-refractivity contribution in [2.75, 3.05) is 5.73 Å². The number of aryl methyl sites for hydroxylation is 1. The van der Waals surface area contributed by atoms with E-state index in [1.807, 2.05) is 43.3 Å². The Morgan fingerprint density at radius 1 is 1.18 bits per heavy atom. The van der Waals surface area contributed by atoms with Gasteiger partial charge in [0.05, 0.1) is 0 Å². The lowest BCUT2D eigenvalue weighted by molar-refractivity contribution is 0.307. The second kappa shape index (κ2) is 5.11. The third kappa shape index (κ3) is 3.14. The van der Waals surface area contributed by atoms with E-state index in [4.69, 9.17) is 22.1 Å². The molecule has 2 nitrogen and oxygen atoms in total. The first kappa shape index (κ1) is 11.8. The van der Waals surface area contributed by atoms with Crippen LogP contribution in [0.25, 0.3) is 0 Å². The number of rotatable bonds is 3. The molecular weight excluding hydrogens is 234 g/mol. The summed E-state index contributed by atoms with van der Waals surface area (Å²) in [4.78, 5) is 0. The second-order valence-corrected chi connectivity index (χ2v) is 4.38. The molecule has 0 atom stereocenters. The number of halogens is 1. The molecule has 0 radical (unpaired) electrons. The molecule has 0 aliphatic heterocycles. The molecule has 0 aromatic heterocycles. The Kier molecular flexibility index (Phi) is 3.55. The predicted octanol–water partition coefficient (Wildman–Crippen LogP) is 3.81. The number of nitrogens with two attached hydrogens (primary N) is 1. The minimum atomic E-state index is 0.451. The fourth-order valence-electron chi connectivity index (χ4n) is 1.56. The molecule has 17 heavy (non-hydrogen) atoms. The second-order valence-electron chi connectivity index (χ2n) is 3.95. The van der Waals surface area contributed by atoms with Crippen molar-refractivity contribution < 1.29 is 4.74 Å². The van der Waals surface area contributed by atoms with Crippen molar-refractivity contribution in [3.63, 3.8) is 0 Å². The van der Waals surface area contributed by atoms with Crippen LogP contribution in [0, 0.1) is 6.92 Å². The SMILES string of the molecule is Cc1ccc(COc2cccc(Cl)c2)c(N)c1. The van der Waals surface area contributed by atoms with Crippen LogP contribution in [0.4, 0.5) is 5.69 Å². The Labute approximate surface area is 106 Å².